The Labute approximate surface area is 120 Å². The number of aromatic carboxylic acids is 1. The van der Waals surface area contributed by atoms with E-state index < -0.39 is 5.97 Å². The Balaban J connectivity index is 1.98. The minimum absolute atomic E-state index is 0.113. The number of nitrogens with zero attached hydrogens (tertiary/aromatic N) is 1. The quantitative estimate of drug-likeness (QED) is 0.783. The van der Waals surface area contributed by atoms with Crippen LogP contribution in [0.3, 0.4) is 0 Å². The summed E-state index contributed by atoms with van der Waals surface area (Å²) in [6.45, 7) is 0. The molecule has 1 N–H and O–H groups in total. The largest absolute Gasteiger partial charge is 0.476 e. The molecule has 0 spiro atoms. The molecular formula is C16H11NO2S. The molecule has 0 fully saturated rings. The van der Waals surface area contributed by atoms with Crippen LogP contribution in [0.5, 0.6) is 0 Å². The van der Waals surface area contributed by atoms with Crippen LogP contribution < -0.4 is 0 Å². The van der Waals surface area contributed by atoms with Gasteiger partial charge in [-0.2, -0.15) is 0 Å². The van der Waals surface area contributed by atoms with Crippen LogP contribution in [-0.4, -0.2) is 16.1 Å². The minimum Gasteiger partial charge on any atom is -0.476 e. The topological polar surface area (TPSA) is 50.2 Å². The third-order valence-corrected chi connectivity index (χ3v) is 3.90. The molecule has 1 aromatic heterocycles. The number of hydrogen-bond donors (Lipinski definition) is 1. The summed E-state index contributed by atoms with van der Waals surface area (Å²) >= 11 is 1.34. The van der Waals surface area contributed by atoms with Crippen molar-refractivity contribution in [1.29, 1.82) is 0 Å². The number of hydrogen-bond acceptors (Lipinski definition) is 3. The zero-order valence-corrected chi connectivity index (χ0v) is 11.3. The second kappa shape index (κ2) is 5.27. The highest BCUT2D eigenvalue weighted by Gasteiger charge is 2.14. The first-order valence-corrected chi connectivity index (χ1v) is 6.96. The highest BCUT2D eigenvalue weighted by Crippen LogP contribution is 2.29. The van der Waals surface area contributed by atoms with E-state index >= 15 is 0 Å². The first kappa shape index (κ1) is 12.6. The summed E-state index contributed by atoms with van der Waals surface area (Å²) in [5, 5.41) is 9.09. The molecule has 0 atom stereocenters. The van der Waals surface area contributed by atoms with Crippen LogP contribution in [0.1, 0.15) is 10.5 Å². The van der Waals surface area contributed by atoms with Gasteiger partial charge in [0.15, 0.2) is 5.69 Å². The molecule has 20 heavy (non-hydrogen) atoms. The fraction of sp³-hybridized carbons (Fsp3) is 0. The van der Waals surface area contributed by atoms with E-state index in [2.05, 4.69) is 4.98 Å². The van der Waals surface area contributed by atoms with Crippen molar-refractivity contribution in [3.05, 3.63) is 65.8 Å². The maximum absolute atomic E-state index is 11.1. The molecule has 0 radical (unpaired) electrons. The average Bonchev–Trinajstić information content (AvgIpc) is 2.98. The van der Waals surface area contributed by atoms with Gasteiger partial charge in [0.1, 0.15) is 0 Å². The molecule has 3 aromatic rings. The standard InChI is InChI=1S/C16H11NO2S/c18-16(19)14-15(20-10-17-14)13-8-6-12(7-9-13)11-4-2-1-3-5-11/h1-10H,(H,18,19). The lowest BCUT2D eigenvalue weighted by atomic mass is 10.0. The van der Waals surface area contributed by atoms with Gasteiger partial charge in [0.2, 0.25) is 0 Å². The summed E-state index contributed by atoms with van der Waals surface area (Å²) in [5.74, 6) is -0.992. The van der Waals surface area contributed by atoms with Crippen molar-refractivity contribution in [2.45, 2.75) is 0 Å². The molecule has 0 aliphatic heterocycles. The summed E-state index contributed by atoms with van der Waals surface area (Å²) in [4.78, 5) is 15.7. The SMILES string of the molecule is O=C(O)c1ncsc1-c1ccc(-c2ccccc2)cc1. The molecule has 0 bridgehead atoms. The Morgan fingerprint density at radius 3 is 2.15 bits per heavy atom. The molecule has 4 heteroatoms. The average molecular weight is 281 g/mol. The van der Waals surface area contributed by atoms with Crippen LogP contribution >= 0.6 is 11.3 Å². The maximum Gasteiger partial charge on any atom is 0.356 e. The van der Waals surface area contributed by atoms with Crippen molar-refractivity contribution in [3.63, 3.8) is 0 Å². The molecular weight excluding hydrogens is 270 g/mol. The number of thiazole rings is 1. The Bertz CT molecular complexity index is 733. The number of benzene rings is 2. The first-order valence-electron chi connectivity index (χ1n) is 6.08. The summed E-state index contributed by atoms with van der Waals surface area (Å²) in [6, 6.07) is 17.9. The summed E-state index contributed by atoms with van der Waals surface area (Å²) < 4.78 is 0. The molecule has 0 unspecified atom stereocenters. The number of carbonyl (C=O) groups is 1. The van der Waals surface area contributed by atoms with Gasteiger partial charge in [-0.3, -0.25) is 0 Å². The van der Waals surface area contributed by atoms with Crippen LogP contribution in [-0.2, 0) is 0 Å². The third kappa shape index (κ3) is 2.33. The lowest BCUT2D eigenvalue weighted by Gasteiger charge is -2.03. The minimum atomic E-state index is -0.992. The van der Waals surface area contributed by atoms with Gasteiger partial charge in [0.05, 0.1) is 10.4 Å². The van der Waals surface area contributed by atoms with Gasteiger partial charge < -0.3 is 5.11 Å². The second-order valence-corrected chi connectivity index (χ2v) is 5.13. The summed E-state index contributed by atoms with van der Waals surface area (Å²) in [5.41, 5.74) is 4.80. The van der Waals surface area contributed by atoms with Gasteiger partial charge in [-0.15, -0.1) is 11.3 Å². The zero-order valence-electron chi connectivity index (χ0n) is 10.5. The smallest absolute Gasteiger partial charge is 0.356 e. The van der Waals surface area contributed by atoms with E-state index in [-0.39, 0.29) is 5.69 Å². The molecule has 1 heterocycles. The van der Waals surface area contributed by atoms with Crippen LogP contribution in [0.25, 0.3) is 21.6 Å². The van der Waals surface area contributed by atoms with Crippen molar-refractivity contribution in [2.24, 2.45) is 0 Å². The van der Waals surface area contributed by atoms with Crippen LogP contribution in [0.2, 0.25) is 0 Å². The first-order chi connectivity index (χ1) is 9.75. The maximum atomic E-state index is 11.1. The molecule has 3 rings (SSSR count). The molecule has 98 valence electrons. The summed E-state index contributed by atoms with van der Waals surface area (Å²) in [6.07, 6.45) is 0. The fourth-order valence-electron chi connectivity index (χ4n) is 2.05. The van der Waals surface area contributed by atoms with Crippen LogP contribution in [0.4, 0.5) is 0 Å². The third-order valence-electron chi connectivity index (χ3n) is 3.02. The highest BCUT2D eigenvalue weighted by molar-refractivity contribution is 7.13. The van der Waals surface area contributed by atoms with Gasteiger partial charge in [-0.1, -0.05) is 54.6 Å². The van der Waals surface area contributed by atoms with Crippen molar-refractivity contribution >= 4 is 17.3 Å². The fourth-order valence-corrected chi connectivity index (χ4v) is 2.84. The molecule has 0 saturated heterocycles. The van der Waals surface area contributed by atoms with Crippen LogP contribution in [0, 0.1) is 0 Å². The Hall–Kier alpha value is -2.46. The normalized spacial score (nSPS) is 10.4. The van der Waals surface area contributed by atoms with E-state index in [1.165, 1.54) is 11.3 Å². The molecule has 0 saturated carbocycles. The predicted molar refractivity (Wildman–Crippen MR) is 79.9 cm³/mol. The van der Waals surface area contributed by atoms with Crippen molar-refractivity contribution in [3.8, 4) is 21.6 Å². The lowest BCUT2D eigenvalue weighted by molar-refractivity contribution is 0.0692. The van der Waals surface area contributed by atoms with Crippen molar-refractivity contribution in [2.75, 3.05) is 0 Å². The molecule has 0 amide bonds. The van der Waals surface area contributed by atoms with E-state index in [9.17, 15) is 4.79 Å². The molecule has 3 nitrogen and oxygen atoms in total. The number of carboxylic acid groups (broad SMARTS) is 1. The van der Waals surface area contributed by atoms with Gasteiger partial charge >= 0.3 is 5.97 Å². The van der Waals surface area contributed by atoms with E-state index in [1.54, 1.807) is 5.51 Å². The Morgan fingerprint density at radius 2 is 1.50 bits per heavy atom. The number of aromatic nitrogens is 1. The monoisotopic (exact) mass is 281 g/mol. The molecule has 0 aliphatic carbocycles. The second-order valence-electron chi connectivity index (χ2n) is 4.28. The highest BCUT2D eigenvalue weighted by atomic mass is 32.1. The number of rotatable bonds is 3. The van der Waals surface area contributed by atoms with E-state index in [0.29, 0.717) is 4.88 Å². The van der Waals surface area contributed by atoms with Gasteiger partial charge in [0, 0.05) is 0 Å². The van der Waals surface area contributed by atoms with Gasteiger partial charge in [0.25, 0.3) is 0 Å². The van der Waals surface area contributed by atoms with Crippen molar-refractivity contribution in [1.82, 2.24) is 4.98 Å². The molecule has 2 aromatic carbocycles. The van der Waals surface area contributed by atoms with Crippen LogP contribution in [0.15, 0.2) is 60.1 Å². The van der Waals surface area contributed by atoms with E-state index in [1.807, 2.05) is 54.6 Å². The number of carboxylic acids is 1. The van der Waals surface area contributed by atoms with E-state index in [4.69, 9.17) is 5.11 Å². The zero-order chi connectivity index (χ0) is 13.9. The van der Waals surface area contributed by atoms with Gasteiger partial charge in [-0.25, -0.2) is 9.78 Å². The Kier molecular flexibility index (Phi) is 3.31. The van der Waals surface area contributed by atoms with Gasteiger partial charge in [-0.05, 0) is 16.7 Å². The van der Waals surface area contributed by atoms with Crippen molar-refractivity contribution < 1.29 is 9.90 Å². The predicted octanol–water partition coefficient (Wildman–Crippen LogP) is 4.18. The lowest BCUT2D eigenvalue weighted by Crippen LogP contribution is -1.98. The Morgan fingerprint density at radius 1 is 0.900 bits per heavy atom. The summed E-state index contributed by atoms with van der Waals surface area (Å²) in [7, 11) is 0. The van der Waals surface area contributed by atoms with E-state index in [0.717, 1.165) is 16.7 Å². The molecule has 0 aliphatic rings.